The van der Waals surface area contributed by atoms with E-state index >= 15 is 0 Å². The molecule has 0 radical (unpaired) electrons. The molecule has 3 N–H and O–H groups in total. The molecule has 2 atom stereocenters. The van der Waals surface area contributed by atoms with E-state index in [1.54, 1.807) is 12.1 Å². The van der Waals surface area contributed by atoms with Crippen LogP contribution in [0.2, 0.25) is 5.02 Å². The van der Waals surface area contributed by atoms with Crippen molar-refractivity contribution in [3.05, 3.63) is 34.9 Å². The molecule has 1 amide bonds. The number of amides is 1. The van der Waals surface area contributed by atoms with E-state index in [1.165, 1.54) is 0 Å². The molecule has 0 aliphatic heterocycles. The van der Waals surface area contributed by atoms with E-state index in [1.807, 2.05) is 26.0 Å². The second-order valence-electron chi connectivity index (χ2n) is 4.90. The SMILES string of the molecule is CCCC(NCC(=O)NC(C)c1ccc(Cl)cc1)C(=O)O.Cl. The first kappa shape index (κ1) is 20.7. The summed E-state index contributed by atoms with van der Waals surface area (Å²) in [6.07, 6.45) is 1.24. The van der Waals surface area contributed by atoms with Crippen LogP contribution in [0.4, 0.5) is 0 Å². The summed E-state index contributed by atoms with van der Waals surface area (Å²) >= 11 is 5.81. The Morgan fingerprint density at radius 3 is 2.36 bits per heavy atom. The van der Waals surface area contributed by atoms with Gasteiger partial charge in [0.05, 0.1) is 12.6 Å². The Morgan fingerprint density at radius 1 is 1.27 bits per heavy atom. The van der Waals surface area contributed by atoms with Gasteiger partial charge in [-0.3, -0.25) is 14.9 Å². The third-order valence-corrected chi connectivity index (χ3v) is 3.38. The number of carbonyl (C=O) groups is 2. The van der Waals surface area contributed by atoms with Crippen molar-refractivity contribution in [3.63, 3.8) is 0 Å². The first-order chi connectivity index (χ1) is 9.93. The second kappa shape index (κ2) is 10.4. The summed E-state index contributed by atoms with van der Waals surface area (Å²) in [5.41, 5.74) is 0.941. The van der Waals surface area contributed by atoms with Crippen LogP contribution < -0.4 is 10.6 Å². The summed E-state index contributed by atoms with van der Waals surface area (Å²) in [6.45, 7) is 3.75. The van der Waals surface area contributed by atoms with E-state index in [4.69, 9.17) is 16.7 Å². The van der Waals surface area contributed by atoms with Crippen molar-refractivity contribution in [3.8, 4) is 0 Å². The van der Waals surface area contributed by atoms with Crippen molar-refractivity contribution < 1.29 is 14.7 Å². The average Bonchev–Trinajstić information content (AvgIpc) is 2.43. The van der Waals surface area contributed by atoms with Crippen LogP contribution in [0.25, 0.3) is 0 Å². The Bertz CT molecular complexity index is 480. The number of hydrogen-bond donors (Lipinski definition) is 3. The van der Waals surface area contributed by atoms with Crippen LogP contribution in [-0.2, 0) is 9.59 Å². The van der Waals surface area contributed by atoms with Gasteiger partial charge in [-0.2, -0.15) is 0 Å². The number of rotatable bonds is 8. The van der Waals surface area contributed by atoms with Gasteiger partial charge in [0.25, 0.3) is 0 Å². The number of carboxylic acids is 1. The molecule has 0 heterocycles. The molecule has 0 bridgehead atoms. The summed E-state index contributed by atoms with van der Waals surface area (Å²) in [5.74, 6) is -1.17. The first-order valence-electron chi connectivity index (χ1n) is 6.95. The number of halogens is 2. The molecule has 0 saturated heterocycles. The quantitative estimate of drug-likeness (QED) is 0.674. The highest BCUT2D eigenvalue weighted by molar-refractivity contribution is 6.30. The predicted octanol–water partition coefficient (Wildman–Crippen LogP) is 2.78. The predicted molar refractivity (Wildman–Crippen MR) is 89.6 cm³/mol. The molecule has 22 heavy (non-hydrogen) atoms. The zero-order valence-electron chi connectivity index (χ0n) is 12.6. The van der Waals surface area contributed by atoms with Gasteiger partial charge in [-0.1, -0.05) is 37.1 Å². The van der Waals surface area contributed by atoms with Crippen LogP contribution in [0.1, 0.15) is 38.3 Å². The summed E-state index contributed by atoms with van der Waals surface area (Å²) in [7, 11) is 0. The highest BCUT2D eigenvalue weighted by Gasteiger charge is 2.17. The van der Waals surface area contributed by atoms with Crippen LogP contribution in [0.5, 0.6) is 0 Å². The monoisotopic (exact) mass is 348 g/mol. The maximum Gasteiger partial charge on any atom is 0.320 e. The van der Waals surface area contributed by atoms with Gasteiger partial charge in [0.2, 0.25) is 5.91 Å². The number of carboxylic acid groups (broad SMARTS) is 1. The van der Waals surface area contributed by atoms with Crippen LogP contribution in [0.15, 0.2) is 24.3 Å². The summed E-state index contributed by atoms with van der Waals surface area (Å²) in [6, 6.07) is 6.37. The fourth-order valence-corrected chi connectivity index (χ4v) is 2.07. The van der Waals surface area contributed by atoms with Gasteiger partial charge >= 0.3 is 5.97 Å². The number of hydrogen-bond acceptors (Lipinski definition) is 3. The van der Waals surface area contributed by atoms with Crippen molar-refractivity contribution in [1.29, 1.82) is 0 Å². The van der Waals surface area contributed by atoms with E-state index < -0.39 is 12.0 Å². The van der Waals surface area contributed by atoms with Gasteiger partial charge in [0.1, 0.15) is 6.04 Å². The smallest absolute Gasteiger partial charge is 0.320 e. The molecule has 1 rings (SSSR count). The molecule has 124 valence electrons. The molecule has 1 aromatic rings. The Kier molecular flexibility index (Phi) is 9.81. The van der Waals surface area contributed by atoms with Crippen molar-refractivity contribution in [2.24, 2.45) is 0 Å². The zero-order valence-corrected chi connectivity index (χ0v) is 14.2. The Hall–Kier alpha value is -1.30. The molecule has 0 aliphatic rings. The minimum Gasteiger partial charge on any atom is -0.480 e. The normalized spacial score (nSPS) is 12.9. The lowest BCUT2D eigenvalue weighted by atomic mass is 10.1. The summed E-state index contributed by atoms with van der Waals surface area (Å²) < 4.78 is 0. The molecule has 0 saturated carbocycles. The molecule has 2 unspecified atom stereocenters. The van der Waals surface area contributed by atoms with Gasteiger partial charge in [-0.15, -0.1) is 12.4 Å². The first-order valence-corrected chi connectivity index (χ1v) is 7.32. The molecular weight excluding hydrogens is 327 g/mol. The zero-order chi connectivity index (χ0) is 15.8. The number of carbonyl (C=O) groups excluding carboxylic acids is 1. The molecule has 7 heteroatoms. The molecule has 0 fully saturated rings. The van der Waals surface area contributed by atoms with E-state index in [0.29, 0.717) is 11.4 Å². The maximum atomic E-state index is 11.8. The molecule has 0 spiro atoms. The lowest BCUT2D eigenvalue weighted by Gasteiger charge is -2.17. The summed E-state index contributed by atoms with van der Waals surface area (Å²) in [5, 5.41) is 15.2. The topological polar surface area (TPSA) is 78.4 Å². The van der Waals surface area contributed by atoms with Gasteiger partial charge in [-0.05, 0) is 31.0 Å². The Balaban J connectivity index is 0.00000441. The minimum atomic E-state index is -0.935. The largest absolute Gasteiger partial charge is 0.480 e. The van der Waals surface area contributed by atoms with Gasteiger partial charge in [-0.25, -0.2) is 0 Å². The van der Waals surface area contributed by atoms with Crippen LogP contribution >= 0.6 is 24.0 Å². The number of aliphatic carboxylic acids is 1. The van der Waals surface area contributed by atoms with E-state index in [2.05, 4.69) is 10.6 Å². The van der Waals surface area contributed by atoms with Crippen LogP contribution in [0, 0.1) is 0 Å². The van der Waals surface area contributed by atoms with Crippen molar-refractivity contribution >= 4 is 35.9 Å². The standard InChI is InChI=1S/C15H21ClN2O3.ClH/c1-3-4-13(15(20)21)17-9-14(19)18-10(2)11-5-7-12(16)8-6-11;/h5-8,10,13,17H,3-4,9H2,1-2H3,(H,18,19)(H,20,21);1H. The lowest BCUT2D eigenvalue weighted by Crippen LogP contribution is -2.43. The van der Waals surface area contributed by atoms with Crippen LogP contribution in [-0.4, -0.2) is 29.6 Å². The molecule has 0 aromatic heterocycles. The summed E-state index contributed by atoms with van der Waals surface area (Å²) in [4.78, 5) is 22.8. The molecule has 0 aliphatic carbocycles. The number of benzene rings is 1. The Labute approximate surface area is 141 Å². The van der Waals surface area contributed by atoms with Crippen molar-refractivity contribution in [2.45, 2.75) is 38.8 Å². The van der Waals surface area contributed by atoms with E-state index in [0.717, 1.165) is 12.0 Å². The fourth-order valence-electron chi connectivity index (χ4n) is 1.94. The maximum absolute atomic E-state index is 11.8. The number of nitrogens with one attached hydrogen (secondary N) is 2. The van der Waals surface area contributed by atoms with E-state index in [9.17, 15) is 9.59 Å². The second-order valence-corrected chi connectivity index (χ2v) is 5.34. The van der Waals surface area contributed by atoms with Crippen molar-refractivity contribution in [2.75, 3.05) is 6.54 Å². The fraction of sp³-hybridized carbons (Fsp3) is 0.467. The molecule has 5 nitrogen and oxygen atoms in total. The minimum absolute atomic E-state index is 0. The highest BCUT2D eigenvalue weighted by Crippen LogP contribution is 2.15. The molecular formula is C15H22Cl2N2O3. The van der Waals surface area contributed by atoms with Gasteiger partial charge in [0, 0.05) is 5.02 Å². The highest BCUT2D eigenvalue weighted by atomic mass is 35.5. The third kappa shape index (κ3) is 7.11. The van der Waals surface area contributed by atoms with E-state index in [-0.39, 0.29) is 30.9 Å². The van der Waals surface area contributed by atoms with Gasteiger partial charge in [0.15, 0.2) is 0 Å². The third-order valence-electron chi connectivity index (χ3n) is 3.13. The lowest BCUT2D eigenvalue weighted by molar-refractivity contribution is -0.139. The van der Waals surface area contributed by atoms with Crippen LogP contribution in [0.3, 0.4) is 0 Å². The van der Waals surface area contributed by atoms with Gasteiger partial charge < -0.3 is 10.4 Å². The average molecular weight is 349 g/mol. The van der Waals surface area contributed by atoms with Crippen molar-refractivity contribution in [1.82, 2.24) is 10.6 Å². The molecule has 1 aromatic carbocycles. The Morgan fingerprint density at radius 2 is 1.86 bits per heavy atom.